The van der Waals surface area contributed by atoms with Gasteiger partial charge in [0.2, 0.25) is 10.0 Å². The fourth-order valence-corrected chi connectivity index (χ4v) is 1.33. The number of rotatable bonds is 3. The lowest BCUT2D eigenvalue weighted by atomic mass is 10.3. The van der Waals surface area contributed by atoms with Crippen LogP contribution in [0.3, 0.4) is 0 Å². The van der Waals surface area contributed by atoms with E-state index in [1.165, 1.54) is 0 Å². The molecule has 0 aromatic carbocycles. The zero-order valence-electron chi connectivity index (χ0n) is 8.00. The van der Waals surface area contributed by atoms with E-state index in [1.807, 2.05) is 0 Å². The van der Waals surface area contributed by atoms with E-state index in [9.17, 15) is 8.42 Å². The van der Waals surface area contributed by atoms with Gasteiger partial charge in [0.25, 0.3) is 0 Å². The van der Waals surface area contributed by atoms with Crippen LogP contribution in [0.5, 0.6) is 0 Å². The van der Waals surface area contributed by atoms with Crippen LogP contribution < -0.4 is 10.5 Å². The molecule has 0 aliphatic rings. The standard InChI is InChI=1S/C7H11N3O2S.2ClH/c1-13(11,12)10-7-4-2-3-6(5-8)9-7;;/h2-4H,5,8H2,1H3,(H,9,10);2*1H. The summed E-state index contributed by atoms with van der Waals surface area (Å²) in [7, 11) is -3.26. The van der Waals surface area contributed by atoms with Crippen LogP contribution in [-0.4, -0.2) is 19.7 Å². The quantitative estimate of drug-likeness (QED) is 0.852. The summed E-state index contributed by atoms with van der Waals surface area (Å²) in [6, 6.07) is 5.00. The van der Waals surface area contributed by atoms with Crippen molar-refractivity contribution in [3.05, 3.63) is 23.9 Å². The predicted molar refractivity (Wildman–Crippen MR) is 65.1 cm³/mol. The molecule has 0 spiro atoms. The summed E-state index contributed by atoms with van der Waals surface area (Å²) in [6.07, 6.45) is 1.07. The van der Waals surface area contributed by atoms with Gasteiger partial charge in [-0.05, 0) is 12.1 Å². The molecule has 88 valence electrons. The van der Waals surface area contributed by atoms with Crippen molar-refractivity contribution in [2.75, 3.05) is 11.0 Å². The van der Waals surface area contributed by atoms with Crippen molar-refractivity contribution < 1.29 is 8.42 Å². The highest BCUT2D eigenvalue weighted by Crippen LogP contribution is 2.05. The molecule has 0 amide bonds. The lowest BCUT2D eigenvalue weighted by Gasteiger charge is -2.03. The first-order chi connectivity index (χ1) is 6.01. The van der Waals surface area contributed by atoms with E-state index in [0.29, 0.717) is 18.1 Å². The average Bonchev–Trinajstić information content (AvgIpc) is 2.01. The van der Waals surface area contributed by atoms with Gasteiger partial charge >= 0.3 is 0 Å². The Balaban J connectivity index is 0. The first kappa shape index (κ1) is 16.9. The Labute approximate surface area is 101 Å². The second kappa shape index (κ2) is 6.84. The van der Waals surface area contributed by atoms with Crippen molar-refractivity contribution in [1.29, 1.82) is 0 Å². The lowest BCUT2D eigenvalue weighted by molar-refractivity contribution is 0.606. The molecular formula is C7H13Cl2N3O2S. The number of nitrogens with zero attached hydrogens (tertiary/aromatic N) is 1. The minimum absolute atomic E-state index is 0. The number of hydrogen-bond acceptors (Lipinski definition) is 4. The van der Waals surface area contributed by atoms with Gasteiger partial charge in [-0.2, -0.15) is 0 Å². The molecule has 1 rings (SSSR count). The van der Waals surface area contributed by atoms with E-state index in [0.717, 1.165) is 6.26 Å². The van der Waals surface area contributed by atoms with E-state index >= 15 is 0 Å². The molecule has 1 aromatic heterocycles. The Morgan fingerprint density at radius 3 is 2.47 bits per heavy atom. The first-order valence-corrected chi connectivity index (χ1v) is 5.54. The molecule has 3 N–H and O–H groups in total. The number of anilines is 1. The van der Waals surface area contributed by atoms with E-state index in [4.69, 9.17) is 5.73 Å². The highest BCUT2D eigenvalue weighted by Gasteiger charge is 2.02. The number of pyridine rings is 1. The fraction of sp³-hybridized carbons (Fsp3) is 0.286. The molecule has 0 bridgehead atoms. The van der Waals surface area contributed by atoms with Crippen LogP contribution >= 0.6 is 24.8 Å². The zero-order valence-corrected chi connectivity index (χ0v) is 10.5. The Bertz CT molecular complexity index is 397. The van der Waals surface area contributed by atoms with E-state index in [1.54, 1.807) is 18.2 Å². The molecule has 1 aromatic rings. The van der Waals surface area contributed by atoms with Crippen LogP contribution in [0.1, 0.15) is 5.69 Å². The van der Waals surface area contributed by atoms with Gasteiger partial charge in [-0.1, -0.05) is 6.07 Å². The van der Waals surface area contributed by atoms with Gasteiger partial charge in [-0.3, -0.25) is 4.72 Å². The second-order valence-corrected chi connectivity index (χ2v) is 4.34. The van der Waals surface area contributed by atoms with Gasteiger partial charge in [0.05, 0.1) is 11.9 Å². The number of nitrogens with one attached hydrogen (secondary N) is 1. The molecule has 0 aliphatic carbocycles. The predicted octanol–water partition coefficient (Wildman–Crippen LogP) is 0.755. The van der Waals surface area contributed by atoms with Crippen molar-refractivity contribution in [2.24, 2.45) is 5.73 Å². The van der Waals surface area contributed by atoms with Crippen LogP contribution in [0, 0.1) is 0 Å². The number of hydrogen-bond donors (Lipinski definition) is 2. The van der Waals surface area contributed by atoms with Crippen LogP contribution in [0.15, 0.2) is 18.2 Å². The molecule has 0 saturated carbocycles. The maximum absolute atomic E-state index is 10.8. The second-order valence-electron chi connectivity index (χ2n) is 2.59. The van der Waals surface area contributed by atoms with Gasteiger partial charge in [0.1, 0.15) is 5.82 Å². The zero-order chi connectivity index (χ0) is 9.90. The third-order valence-electron chi connectivity index (χ3n) is 1.31. The number of halogens is 2. The number of aromatic nitrogens is 1. The normalized spacial score (nSPS) is 9.73. The Kier molecular flexibility index (Phi) is 7.68. The summed E-state index contributed by atoms with van der Waals surface area (Å²) in [5.74, 6) is 0.297. The van der Waals surface area contributed by atoms with Crippen LogP contribution in [-0.2, 0) is 16.6 Å². The summed E-state index contributed by atoms with van der Waals surface area (Å²) in [6.45, 7) is 0.291. The van der Waals surface area contributed by atoms with Crippen molar-refractivity contribution >= 4 is 40.7 Å². The highest BCUT2D eigenvalue weighted by atomic mass is 35.5. The number of sulfonamides is 1. The minimum atomic E-state index is -3.26. The summed E-state index contributed by atoms with van der Waals surface area (Å²) in [5.41, 5.74) is 5.99. The van der Waals surface area contributed by atoms with Gasteiger partial charge in [0.15, 0.2) is 0 Å². The third-order valence-corrected chi connectivity index (χ3v) is 1.89. The van der Waals surface area contributed by atoms with Gasteiger partial charge in [-0.15, -0.1) is 24.8 Å². The van der Waals surface area contributed by atoms with Crippen molar-refractivity contribution in [3.8, 4) is 0 Å². The Morgan fingerprint density at radius 2 is 2.00 bits per heavy atom. The molecule has 0 fully saturated rings. The molecular weight excluding hydrogens is 261 g/mol. The topological polar surface area (TPSA) is 85.1 Å². The Hall–Kier alpha value is -0.560. The number of nitrogens with two attached hydrogens (primary N) is 1. The Morgan fingerprint density at radius 1 is 1.40 bits per heavy atom. The average molecular weight is 274 g/mol. The molecule has 0 aliphatic heterocycles. The van der Waals surface area contributed by atoms with Crippen molar-refractivity contribution in [3.63, 3.8) is 0 Å². The molecule has 0 radical (unpaired) electrons. The highest BCUT2D eigenvalue weighted by molar-refractivity contribution is 7.92. The van der Waals surface area contributed by atoms with E-state index < -0.39 is 10.0 Å². The summed E-state index contributed by atoms with van der Waals surface area (Å²) >= 11 is 0. The van der Waals surface area contributed by atoms with Crippen LogP contribution in [0.25, 0.3) is 0 Å². The summed E-state index contributed by atoms with van der Waals surface area (Å²) in [5, 5.41) is 0. The van der Waals surface area contributed by atoms with Crippen LogP contribution in [0.2, 0.25) is 0 Å². The molecule has 0 saturated heterocycles. The minimum Gasteiger partial charge on any atom is -0.325 e. The molecule has 5 nitrogen and oxygen atoms in total. The lowest BCUT2D eigenvalue weighted by Crippen LogP contribution is -2.11. The SMILES string of the molecule is CS(=O)(=O)Nc1cccc(CN)n1.Cl.Cl. The third kappa shape index (κ3) is 6.51. The maximum Gasteiger partial charge on any atom is 0.230 e. The van der Waals surface area contributed by atoms with Gasteiger partial charge < -0.3 is 5.73 Å². The maximum atomic E-state index is 10.8. The van der Waals surface area contributed by atoms with E-state index in [2.05, 4.69) is 9.71 Å². The molecule has 0 unspecified atom stereocenters. The largest absolute Gasteiger partial charge is 0.325 e. The van der Waals surface area contributed by atoms with Gasteiger partial charge in [-0.25, -0.2) is 13.4 Å². The molecule has 15 heavy (non-hydrogen) atoms. The monoisotopic (exact) mass is 273 g/mol. The van der Waals surface area contributed by atoms with Crippen LogP contribution in [0.4, 0.5) is 5.82 Å². The van der Waals surface area contributed by atoms with Gasteiger partial charge in [0, 0.05) is 6.54 Å². The molecule has 8 heteroatoms. The summed E-state index contributed by atoms with van der Waals surface area (Å²) < 4.78 is 23.9. The van der Waals surface area contributed by atoms with E-state index in [-0.39, 0.29) is 24.8 Å². The molecule has 1 heterocycles. The van der Waals surface area contributed by atoms with Crippen molar-refractivity contribution in [1.82, 2.24) is 4.98 Å². The van der Waals surface area contributed by atoms with Crippen molar-refractivity contribution in [2.45, 2.75) is 6.54 Å². The fourth-order valence-electron chi connectivity index (χ4n) is 0.840. The smallest absolute Gasteiger partial charge is 0.230 e. The first-order valence-electron chi connectivity index (χ1n) is 3.65. The summed E-state index contributed by atoms with van der Waals surface area (Å²) in [4.78, 5) is 3.96. The molecule has 0 atom stereocenters.